The maximum atomic E-state index is 11.0. The van der Waals surface area contributed by atoms with Crippen molar-refractivity contribution in [2.24, 2.45) is 0 Å². The minimum absolute atomic E-state index is 0.0435. The molecule has 3 rings (SSSR count). The molecular weight excluding hydrogens is 544 g/mol. The first kappa shape index (κ1) is 34.3. The number of benzene rings is 2. The molecule has 0 unspecified atom stereocenters. The number of nitro groups is 1. The van der Waals surface area contributed by atoms with Crippen LogP contribution in [0.15, 0.2) is 60.8 Å². The van der Waals surface area contributed by atoms with Gasteiger partial charge in [-0.05, 0) is 65.9 Å². The third-order valence-electron chi connectivity index (χ3n) is 7.88. The van der Waals surface area contributed by atoms with Crippen molar-refractivity contribution in [3.8, 4) is 6.07 Å². The summed E-state index contributed by atoms with van der Waals surface area (Å²) in [7, 11) is 0. The standard InChI is InChI=1S/C38H48N4O2/c1-3-5-7-9-11-13-27-41(28-14-12-10-8-6-4-2)37-24-19-32(20-25-37)15-16-34-18-23-36(40-31-34)22-17-33-21-26-38(42(43)44)35(29-33)30-39/h15-26,29,31H,3-14,27-28H2,1-2H3/b16-15+,22-17+. The van der Waals surface area contributed by atoms with Gasteiger partial charge in [0, 0.05) is 31.0 Å². The van der Waals surface area contributed by atoms with Crippen LogP contribution in [0.25, 0.3) is 24.3 Å². The third kappa shape index (κ3) is 12.2. The predicted molar refractivity (Wildman–Crippen MR) is 185 cm³/mol. The highest BCUT2D eigenvalue weighted by Gasteiger charge is 2.12. The number of nitriles is 1. The first-order valence-corrected chi connectivity index (χ1v) is 16.4. The number of unbranched alkanes of at least 4 members (excludes halogenated alkanes) is 10. The van der Waals surface area contributed by atoms with E-state index in [0.29, 0.717) is 5.56 Å². The van der Waals surface area contributed by atoms with Gasteiger partial charge in [0.15, 0.2) is 0 Å². The molecule has 0 atom stereocenters. The van der Waals surface area contributed by atoms with E-state index in [1.165, 1.54) is 94.9 Å². The topological polar surface area (TPSA) is 83.1 Å². The first-order valence-electron chi connectivity index (χ1n) is 16.4. The number of nitrogens with zero attached hydrogens (tertiary/aromatic N) is 4. The van der Waals surface area contributed by atoms with E-state index in [0.717, 1.165) is 29.9 Å². The zero-order valence-electron chi connectivity index (χ0n) is 26.6. The van der Waals surface area contributed by atoms with Crippen LogP contribution < -0.4 is 4.90 Å². The average molecular weight is 593 g/mol. The Morgan fingerprint density at radius 3 is 1.84 bits per heavy atom. The van der Waals surface area contributed by atoms with Gasteiger partial charge in [0.05, 0.1) is 10.6 Å². The Balaban J connectivity index is 1.56. The summed E-state index contributed by atoms with van der Waals surface area (Å²) in [6.45, 7) is 6.81. The highest BCUT2D eigenvalue weighted by Crippen LogP contribution is 2.22. The van der Waals surface area contributed by atoms with E-state index in [-0.39, 0.29) is 11.3 Å². The molecule has 0 aliphatic heterocycles. The van der Waals surface area contributed by atoms with Crippen molar-refractivity contribution in [3.63, 3.8) is 0 Å². The second-order valence-electron chi connectivity index (χ2n) is 11.4. The van der Waals surface area contributed by atoms with Crippen molar-refractivity contribution in [2.45, 2.75) is 90.9 Å². The molecule has 1 aromatic heterocycles. The van der Waals surface area contributed by atoms with E-state index in [1.807, 2.05) is 30.5 Å². The number of rotatable bonds is 20. The number of pyridine rings is 1. The third-order valence-corrected chi connectivity index (χ3v) is 7.88. The number of hydrogen-bond acceptors (Lipinski definition) is 5. The monoisotopic (exact) mass is 592 g/mol. The van der Waals surface area contributed by atoms with Crippen LogP contribution in [0.2, 0.25) is 0 Å². The molecule has 232 valence electrons. The van der Waals surface area contributed by atoms with Gasteiger partial charge in [0.1, 0.15) is 11.6 Å². The lowest BCUT2D eigenvalue weighted by molar-refractivity contribution is -0.385. The number of aromatic nitrogens is 1. The van der Waals surface area contributed by atoms with Crippen LogP contribution in [0.5, 0.6) is 0 Å². The lowest BCUT2D eigenvalue weighted by atomic mass is 10.1. The van der Waals surface area contributed by atoms with E-state index >= 15 is 0 Å². The zero-order chi connectivity index (χ0) is 31.4. The quantitative estimate of drug-likeness (QED) is 0.0740. The molecule has 3 aromatic rings. The summed E-state index contributed by atoms with van der Waals surface area (Å²) in [5.41, 5.74) is 4.80. The minimum atomic E-state index is -0.544. The highest BCUT2D eigenvalue weighted by atomic mass is 16.6. The fraction of sp³-hybridized carbons (Fsp3) is 0.421. The van der Waals surface area contributed by atoms with Crippen LogP contribution in [-0.2, 0) is 0 Å². The molecule has 0 fully saturated rings. The molecule has 0 aliphatic carbocycles. The molecule has 6 heteroatoms. The number of hydrogen-bond donors (Lipinski definition) is 0. The molecule has 0 N–H and O–H groups in total. The molecule has 0 spiro atoms. The summed E-state index contributed by atoms with van der Waals surface area (Å²) in [4.78, 5) is 17.6. The zero-order valence-corrected chi connectivity index (χ0v) is 26.6. The smallest absolute Gasteiger partial charge is 0.287 e. The molecule has 0 bridgehead atoms. The summed E-state index contributed by atoms with van der Waals surface area (Å²) < 4.78 is 0. The van der Waals surface area contributed by atoms with Gasteiger partial charge in [-0.15, -0.1) is 0 Å². The Kier molecular flexibility index (Phi) is 15.5. The Labute approximate surface area is 264 Å². The Bertz CT molecular complexity index is 1360. The molecule has 0 aliphatic rings. The second kappa shape index (κ2) is 19.9. The molecule has 44 heavy (non-hydrogen) atoms. The van der Waals surface area contributed by atoms with Crippen molar-refractivity contribution in [1.29, 1.82) is 5.26 Å². The van der Waals surface area contributed by atoms with Crippen LogP contribution in [-0.4, -0.2) is 23.0 Å². The molecule has 6 nitrogen and oxygen atoms in total. The van der Waals surface area contributed by atoms with E-state index in [1.54, 1.807) is 12.1 Å². The molecule has 0 amide bonds. The van der Waals surface area contributed by atoms with Gasteiger partial charge in [-0.25, -0.2) is 0 Å². The molecule has 1 heterocycles. The summed E-state index contributed by atoms with van der Waals surface area (Å²) in [5.74, 6) is 0. The fourth-order valence-corrected chi connectivity index (χ4v) is 5.23. The lowest BCUT2D eigenvalue weighted by Gasteiger charge is -2.25. The number of nitro benzene ring substituents is 1. The SMILES string of the molecule is CCCCCCCCN(CCCCCCCC)c1ccc(/C=C/c2ccc(/C=C/c3ccc([N+](=O)[O-])c(C#N)c3)nc2)cc1. The maximum Gasteiger partial charge on any atom is 0.287 e. The lowest BCUT2D eigenvalue weighted by Crippen LogP contribution is -2.25. The summed E-state index contributed by atoms with van der Waals surface area (Å²) in [6, 6.07) is 19.2. The fourth-order valence-electron chi connectivity index (χ4n) is 5.23. The molecular formula is C38H48N4O2. The Morgan fingerprint density at radius 2 is 1.27 bits per heavy atom. The van der Waals surface area contributed by atoms with Crippen LogP contribution in [0.4, 0.5) is 11.4 Å². The number of anilines is 1. The van der Waals surface area contributed by atoms with Crippen LogP contribution in [0.3, 0.4) is 0 Å². The molecule has 0 saturated heterocycles. The van der Waals surface area contributed by atoms with Gasteiger partial charge in [0.2, 0.25) is 0 Å². The molecule has 0 radical (unpaired) electrons. The van der Waals surface area contributed by atoms with Crippen molar-refractivity contribution in [3.05, 3.63) is 98.9 Å². The van der Waals surface area contributed by atoms with E-state index in [9.17, 15) is 15.4 Å². The predicted octanol–water partition coefficient (Wildman–Crippen LogP) is 10.7. The normalized spacial score (nSPS) is 11.3. The van der Waals surface area contributed by atoms with Crippen molar-refractivity contribution >= 4 is 35.7 Å². The first-order chi connectivity index (χ1) is 21.5. The average Bonchev–Trinajstić information content (AvgIpc) is 3.05. The van der Waals surface area contributed by atoms with Gasteiger partial charge < -0.3 is 4.90 Å². The van der Waals surface area contributed by atoms with E-state index in [4.69, 9.17) is 0 Å². The van der Waals surface area contributed by atoms with Crippen LogP contribution in [0, 0.1) is 21.4 Å². The maximum absolute atomic E-state index is 11.0. The van der Waals surface area contributed by atoms with Gasteiger partial charge in [-0.3, -0.25) is 15.1 Å². The minimum Gasteiger partial charge on any atom is -0.372 e. The van der Waals surface area contributed by atoms with Crippen molar-refractivity contribution in [2.75, 3.05) is 18.0 Å². The molecule has 2 aromatic carbocycles. The van der Waals surface area contributed by atoms with E-state index < -0.39 is 4.92 Å². The highest BCUT2D eigenvalue weighted by molar-refractivity contribution is 5.72. The van der Waals surface area contributed by atoms with Gasteiger partial charge in [-0.1, -0.05) is 114 Å². The Hall–Kier alpha value is -4.24. The molecule has 0 saturated carbocycles. The van der Waals surface area contributed by atoms with Gasteiger partial charge in [-0.2, -0.15) is 5.26 Å². The van der Waals surface area contributed by atoms with Crippen molar-refractivity contribution < 1.29 is 4.92 Å². The van der Waals surface area contributed by atoms with Gasteiger partial charge >= 0.3 is 0 Å². The summed E-state index contributed by atoms with van der Waals surface area (Å²) in [6.07, 6.45) is 25.5. The van der Waals surface area contributed by atoms with Crippen molar-refractivity contribution in [1.82, 2.24) is 4.98 Å². The van der Waals surface area contributed by atoms with Crippen LogP contribution >= 0.6 is 0 Å². The largest absolute Gasteiger partial charge is 0.372 e. The summed E-state index contributed by atoms with van der Waals surface area (Å²) in [5, 5.41) is 20.2. The summed E-state index contributed by atoms with van der Waals surface area (Å²) >= 11 is 0. The Morgan fingerprint density at radius 1 is 0.727 bits per heavy atom. The van der Waals surface area contributed by atoms with Gasteiger partial charge in [0.25, 0.3) is 5.69 Å². The van der Waals surface area contributed by atoms with E-state index in [2.05, 4.69) is 60.1 Å². The second-order valence-corrected chi connectivity index (χ2v) is 11.4. The van der Waals surface area contributed by atoms with Crippen LogP contribution in [0.1, 0.15) is 119 Å².